The van der Waals surface area contributed by atoms with Crippen LogP contribution in [0.1, 0.15) is 52.0 Å². The molecule has 2 aliphatic heterocycles. The van der Waals surface area contributed by atoms with E-state index in [9.17, 15) is 9.59 Å². The Morgan fingerprint density at radius 2 is 2.12 bits per heavy atom. The highest BCUT2D eigenvalue weighted by molar-refractivity contribution is 5.93. The molecule has 8 nitrogen and oxygen atoms in total. The van der Waals surface area contributed by atoms with E-state index in [1.807, 2.05) is 32.1 Å². The number of carbonyl (C=O) groups excluding carboxylic acids is 2. The van der Waals surface area contributed by atoms with E-state index in [0.29, 0.717) is 29.8 Å². The maximum atomic E-state index is 12.8. The van der Waals surface area contributed by atoms with E-state index in [2.05, 4.69) is 32.8 Å². The lowest BCUT2D eigenvalue weighted by atomic mass is 10.1. The molecule has 34 heavy (non-hydrogen) atoms. The first-order chi connectivity index (χ1) is 16.4. The first kappa shape index (κ1) is 24.1. The Balaban J connectivity index is 1.40. The van der Waals surface area contributed by atoms with E-state index >= 15 is 0 Å². The van der Waals surface area contributed by atoms with E-state index in [0.717, 1.165) is 55.9 Å². The maximum Gasteiger partial charge on any atom is 0.320 e. The number of aryl methyl sites for hydroxylation is 1. The van der Waals surface area contributed by atoms with Gasteiger partial charge in [-0.15, -0.1) is 0 Å². The van der Waals surface area contributed by atoms with Gasteiger partial charge in [0.2, 0.25) is 5.91 Å². The number of likely N-dealkylation sites (tertiary alicyclic amines) is 1. The predicted octanol–water partition coefficient (Wildman–Crippen LogP) is 3.61. The van der Waals surface area contributed by atoms with Crippen molar-refractivity contribution in [2.75, 3.05) is 31.6 Å². The lowest BCUT2D eigenvalue weighted by Crippen LogP contribution is -2.41. The summed E-state index contributed by atoms with van der Waals surface area (Å²) < 4.78 is 5.60. The molecule has 184 valence electrons. The molecule has 3 N–H and O–H groups in total. The normalized spacial score (nSPS) is 21.4. The highest BCUT2D eigenvalue weighted by Crippen LogP contribution is 2.28. The van der Waals surface area contributed by atoms with E-state index < -0.39 is 0 Å². The molecule has 0 radical (unpaired) electrons. The van der Waals surface area contributed by atoms with Gasteiger partial charge in [0, 0.05) is 30.9 Å². The molecule has 1 aromatic rings. The number of hydrogen-bond donors (Lipinski definition) is 3. The zero-order chi connectivity index (χ0) is 24.1. The summed E-state index contributed by atoms with van der Waals surface area (Å²) in [6, 6.07) is 1.34. The smallest absolute Gasteiger partial charge is 0.320 e. The van der Waals surface area contributed by atoms with Gasteiger partial charge in [-0.3, -0.25) is 10.1 Å². The minimum Gasteiger partial charge on any atom is -0.492 e. The summed E-state index contributed by atoms with van der Waals surface area (Å²) in [5.74, 6) is 2.52. The number of pyridine rings is 1. The highest BCUT2D eigenvalue weighted by Gasteiger charge is 2.25. The Morgan fingerprint density at radius 1 is 1.29 bits per heavy atom. The van der Waals surface area contributed by atoms with Crippen LogP contribution < -0.4 is 20.7 Å². The fraction of sp³-hybridized carbons (Fsp3) is 0.577. The van der Waals surface area contributed by atoms with Gasteiger partial charge in [0.1, 0.15) is 11.6 Å². The van der Waals surface area contributed by atoms with Gasteiger partial charge < -0.3 is 20.3 Å². The third-order valence-corrected chi connectivity index (χ3v) is 6.73. The van der Waals surface area contributed by atoms with E-state index in [1.165, 1.54) is 12.8 Å². The molecule has 8 heteroatoms. The van der Waals surface area contributed by atoms with Gasteiger partial charge >= 0.3 is 6.03 Å². The van der Waals surface area contributed by atoms with Crippen molar-refractivity contribution in [1.82, 2.24) is 20.5 Å². The number of hydrogen-bond acceptors (Lipinski definition) is 5. The minimum absolute atomic E-state index is 0.0295. The van der Waals surface area contributed by atoms with Crippen LogP contribution in [0.3, 0.4) is 0 Å². The molecule has 3 aliphatic rings. The van der Waals surface area contributed by atoms with Gasteiger partial charge in [-0.05, 0) is 75.5 Å². The molecule has 0 spiro atoms. The monoisotopic (exact) mass is 467 g/mol. The molecule has 4 rings (SSSR count). The van der Waals surface area contributed by atoms with Crippen LogP contribution in [-0.2, 0) is 11.2 Å². The molecule has 3 amide bonds. The molecule has 0 bridgehead atoms. The van der Waals surface area contributed by atoms with Gasteiger partial charge in [-0.1, -0.05) is 13.0 Å². The predicted molar refractivity (Wildman–Crippen MR) is 133 cm³/mol. The van der Waals surface area contributed by atoms with Crippen LogP contribution in [-0.4, -0.2) is 54.1 Å². The molecule has 0 aromatic carbocycles. The second-order valence-corrected chi connectivity index (χ2v) is 9.88. The van der Waals surface area contributed by atoms with Crippen molar-refractivity contribution >= 4 is 17.8 Å². The van der Waals surface area contributed by atoms with Gasteiger partial charge in [0.15, 0.2) is 0 Å². The number of nitrogens with one attached hydrogen (secondary N) is 3. The molecular formula is C26H37N5O3. The van der Waals surface area contributed by atoms with Gasteiger partial charge in [0.25, 0.3) is 0 Å². The Morgan fingerprint density at radius 3 is 2.85 bits per heavy atom. The first-order valence-corrected chi connectivity index (χ1v) is 12.5. The number of urea groups is 1. The second-order valence-electron chi connectivity index (χ2n) is 9.88. The summed E-state index contributed by atoms with van der Waals surface area (Å²) in [5.41, 5.74) is 2.74. The number of rotatable bonds is 8. The van der Waals surface area contributed by atoms with Crippen molar-refractivity contribution in [2.24, 2.45) is 11.8 Å². The lowest BCUT2D eigenvalue weighted by Gasteiger charge is -2.27. The van der Waals surface area contributed by atoms with Crippen molar-refractivity contribution in [3.05, 3.63) is 41.2 Å². The molecule has 1 aliphatic carbocycles. The SMILES string of the molecule is C/C(=C\C=C(/[C@@H](C)NC(=O)Nc1cc2c(cn1)OCCC2)N1CC[C@H](C)C1)C(=O)NCC1CC1. The minimum atomic E-state index is -0.308. The topological polar surface area (TPSA) is 95.6 Å². The van der Waals surface area contributed by atoms with Crippen LogP contribution >= 0.6 is 0 Å². The molecule has 3 heterocycles. The van der Waals surface area contributed by atoms with E-state index in [1.54, 1.807) is 6.20 Å². The Kier molecular flexibility index (Phi) is 7.75. The van der Waals surface area contributed by atoms with E-state index in [-0.39, 0.29) is 18.0 Å². The van der Waals surface area contributed by atoms with Crippen LogP contribution in [0.25, 0.3) is 0 Å². The van der Waals surface area contributed by atoms with E-state index in [4.69, 9.17) is 4.74 Å². The number of carbonyl (C=O) groups is 2. The molecule has 0 unspecified atom stereocenters. The second kappa shape index (κ2) is 10.9. The Labute approximate surface area is 202 Å². The number of ether oxygens (including phenoxy) is 1. The number of aromatic nitrogens is 1. The lowest BCUT2D eigenvalue weighted by molar-refractivity contribution is -0.117. The van der Waals surface area contributed by atoms with Crippen LogP contribution in [0.4, 0.5) is 10.6 Å². The number of nitrogens with zero attached hydrogens (tertiary/aromatic N) is 2. The number of amides is 3. The third-order valence-electron chi connectivity index (χ3n) is 6.73. The number of allylic oxidation sites excluding steroid dienone is 2. The standard InChI is InChI=1S/C26H37N5O3/c1-17-10-11-31(16-17)22(9-6-18(2)25(32)28-14-20-7-8-20)19(3)29-26(33)30-24-13-21-5-4-12-34-23(21)15-27-24/h6,9,13,15,17,19-20H,4-5,7-8,10-12,14,16H2,1-3H3,(H,28,32)(H2,27,29,30,33)/b18-6+,22-9+/t17-,19+/m0/s1. The zero-order valence-corrected chi connectivity index (χ0v) is 20.5. The van der Waals surface area contributed by atoms with Crippen LogP contribution in [0, 0.1) is 11.8 Å². The summed E-state index contributed by atoms with van der Waals surface area (Å²) in [6.07, 6.45) is 10.9. The highest BCUT2D eigenvalue weighted by atomic mass is 16.5. The van der Waals surface area contributed by atoms with Crippen molar-refractivity contribution in [3.8, 4) is 5.75 Å². The van der Waals surface area contributed by atoms with Crippen LogP contribution in [0.2, 0.25) is 0 Å². The summed E-state index contributed by atoms with van der Waals surface area (Å²) >= 11 is 0. The van der Waals surface area contributed by atoms with Crippen molar-refractivity contribution in [1.29, 1.82) is 0 Å². The zero-order valence-electron chi connectivity index (χ0n) is 20.5. The molecule has 1 saturated heterocycles. The quantitative estimate of drug-likeness (QED) is 0.401. The van der Waals surface area contributed by atoms with Crippen molar-refractivity contribution in [2.45, 2.75) is 58.9 Å². The molecule has 1 aromatic heterocycles. The summed E-state index contributed by atoms with van der Waals surface area (Å²) in [4.78, 5) is 31.8. The van der Waals surface area contributed by atoms with Gasteiger partial charge in [-0.25, -0.2) is 9.78 Å². The third kappa shape index (κ3) is 6.52. The summed E-state index contributed by atoms with van der Waals surface area (Å²) in [5, 5.41) is 8.90. The van der Waals surface area contributed by atoms with Crippen LogP contribution in [0.5, 0.6) is 5.75 Å². The van der Waals surface area contributed by atoms with Gasteiger partial charge in [-0.2, -0.15) is 0 Å². The molecule has 2 atom stereocenters. The molecular weight excluding hydrogens is 430 g/mol. The molecule has 1 saturated carbocycles. The Hall–Kier alpha value is -3.03. The summed E-state index contributed by atoms with van der Waals surface area (Å²) in [6.45, 7) is 9.38. The average Bonchev–Trinajstić information content (AvgIpc) is 3.56. The maximum absolute atomic E-state index is 12.8. The number of anilines is 1. The average molecular weight is 468 g/mol. The fourth-order valence-electron chi connectivity index (χ4n) is 4.42. The first-order valence-electron chi connectivity index (χ1n) is 12.5. The largest absolute Gasteiger partial charge is 0.492 e. The Bertz CT molecular complexity index is 969. The number of fused-ring (bicyclic) bond motifs is 1. The van der Waals surface area contributed by atoms with Crippen molar-refractivity contribution in [3.63, 3.8) is 0 Å². The van der Waals surface area contributed by atoms with Crippen molar-refractivity contribution < 1.29 is 14.3 Å². The fourth-order valence-corrected chi connectivity index (χ4v) is 4.42. The summed E-state index contributed by atoms with van der Waals surface area (Å²) in [7, 11) is 0. The van der Waals surface area contributed by atoms with Gasteiger partial charge in [0.05, 0.1) is 18.8 Å². The van der Waals surface area contributed by atoms with Crippen LogP contribution in [0.15, 0.2) is 35.7 Å². The molecule has 2 fully saturated rings.